The molecule has 4 N–H and O–H groups in total. The van der Waals surface area contributed by atoms with Crippen molar-refractivity contribution in [1.82, 2.24) is 30.2 Å². The lowest BCUT2D eigenvalue weighted by Crippen LogP contribution is -2.42. The van der Waals surface area contributed by atoms with Crippen LogP contribution < -0.4 is 5.32 Å². The van der Waals surface area contributed by atoms with Crippen molar-refractivity contribution in [3.63, 3.8) is 0 Å². The molecular formula is C42H52N6O3. The molecule has 2 aliphatic rings. The lowest BCUT2D eigenvalue weighted by atomic mass is 9.98. The van der Waals surface area contributed by atoms with Crippen molar-refractivity contribution in [3.05, 3.63) is 82.5 Å². The van der Waals surface area contributed by atoms with E-state index >= 15 is 0 Å². The van der Waals surface area contributed by atoms with E-state index in [4.69, 9.17) is 9.97 Å². The molecule has 0 spiro atoms. The van der Waals surface area contributed by atoms with Gasteiger partial charge in [-0.25, -0.2) is 9.97 Å². The number of amides is 1. The first-order valence-electron chi connectivity index (χ1n) is 17.9. The van der Waals surface area contributed by atoms with Gasteiger partial charge in [-0.2, -0.15) is 0 Å². The number of aromatic amines is 2. The summed E-state index contributed by atoms with van der Waals surface area (Å²) in [7, 11) is 0. The molecule has 0 saturated carbocycles. The Morgan fingerprint density at radius 3 is 1.71 bits per heavy atom. The van der Waals surface area contributed by atoms with Crippen LogP contribution >= 0.6 is 0 Å². The Morgan fingerprint density at radius 1 is 0.745 bits per heavy atom. The second-order valence-corrected chi connectivity index (χ2v) is 14.1. The molecule has 8 bridgehead atoms. The highest BCUT2D eigenvalue weighted by molar-refractivity contribution is 5.97. The number of nitrogens with zero attached hydrogens (tertiary/aromatic N) is 3. The topological polar surface area (TPSA) is 127 Å². The second-order valence-electron chi connectivity index (χ2n) is 14.1. The number of hydrogen-bond acceptors (Lipinski definition) is 5. The molecule has 1 amide bonds. The highest BCUT2D eigenvalue weighted by Crippen LogP contribution is 2.38. The van der Waals surface area contributed by atoms with Crippen LogP contribution in [0.25, 0.3) is 56.5 Å². The highest BCUT2D eigenvalue weighted by Gasteiger charge is 2.23. The summed E-state index contributed by atoms with van der Waals surface area (Å²) in [6.45, 7) is 26.4. The zero-order chi connectivity index (χ0) is 37.1. The smallest absolute Gasteiger partial charge is 0.303 e. The van der Waals surface area contributed by atoms with Crippen LogP contribution in [0.3, 0.4) is 0 Å². The van der Waals surface area contributed by atoms with Crippen molar-refractivity contribution in [1.29, 1.82) is 0 Å². The van der Waals surface area contributed by atoms with Gasteiger partial charge in [0.1, 0.15) is 0 Å². The zero-order valence-electron chi connectivity index (χ0n) is 31.4. The molecule has 5 rings (SSSR count). The highest BCUT2D eigenvalue weighted by atomic mass is 16.4. The van der Waals surface area contributed by atoms with Gasteiger partial charge in [0.25, 0.3) is 0 Å². The molecule has 3 aromatic rings. The molecule has 0 fully saturated rings. The molecule has 0 unspecified atom stereocenters. The summed E-state index contributed by atoms with van der Waals surface area (Å²) in [5, 5.41) is 12.7. The summed E-state index contributed by atoms with van der Waals surface area (Å²) >= 11 is 0. The quantitative estimate of drug-likeness (QED) is 0.142. The van der Waals surface area contributed by atoms with Crippen LogP contribution in [0.1, 0.15) is 112 Å². The molecule has 9 heteroatoms. The normalized spacial score (nSPS) is 13.2. The minimum Gasteiger partial charge on any atom is -0.481 e. The maximum atomic E-state index is 13.2. The Labute approximate surface area is 301 Å². The van der Waals surface area contributed by atoms with Crippen molar-refractivity contribution < 1.29 is 14.7 Å². The number of carbonyl (C=O) groups is 2. The third-order valence-electron chi connectivity index (χ3n) is 10.3. The Kier molecular flexibility index (Phi) is 11.3. The minimum absolute atomic E-state index is 0.00671. The number of carboxylic acid groups (broad SMARTS) is 1. The van der Waals surface area contributed by atoms with E-state index in [1.807, 2.05) is 44.2 Å². The standard InChI is InChI=1S/C42H52N6O3/c1-11-29-25(7)33-19-34-28(10)32(14-16-42(50)51)40(46-34)22-39-31(13-15-41(49)43-17-18-48(23(3)4)24(5)6)27(9)36(47-39)21-38-30(12-2)26(8)35(45-38)20-37(29)44-33/h11-12,19-24,44-45H,1-2,13-18H2,3-10H3,(H,43,49)(H,50,51). The van der Waals surface area contributed by atoms with Gasteiger partial charge in [-0.15, -0.1) is 0 Å². The zero-order valence-corrected chi connectivity index (χ0v) is 31.4. The fourth-order valence-electron chi connectivity index (χ4n) is 7.30. The number of carboxylic acids is 1. The average Bonchev–Trinajstić information content (AvgIpc) is 3.73. The third-order valence-corrected chi connectivity index (χ3v) is 10.3. The van der Waals surface area contributed by atoms with E-state index in [1.54, 1.807) is 0 Å². The molecule has 2 aliphatic heterocycles. The molecule has 0 saturated heterocycles. The predicted octanol–water partition coefficient (Wildman–Crippen LogP) is 8.96. The number of aromatic nitrogens is 4. The summed E-state index contributed by atoms with van der Waals surface area (Å²) < 4.78 is 0. The van der Waals surface area contributed by atoms with Crippen LogP contribution in [-0.4, -0.2) is 67.0 Å². The maximum absolute atomic E-state index is 13.2. The maximum Gasteiger partial charge on any atom is 0.303 e. The first-order chi connectivity index (χ1) is 24.2. The Balaban J connectivity index is 1.68. The Morgan fingerprint density at radius 2 is 1.22 bits per heavy atom. The van der Waals surface area contributed by atoms with Gasteiger partial charge in [0.05, 0.1) is 22.8 Å². The molecule has 9 nitrogen and oxygen atoms in total. The van der Waals surface area contributed by atoms with Gasteiger partial charge in [-0.3, -0.25) is 14.5 Å². The van der Waals surface area contributed by atoms with Crippen LogP contribution in [0.2, 0.25) is 0 Å². The van der Waals surface area contributed by atoms with Gasteiger partial charge in [0.15, 0.2) is 0 Å². The van der Waals surface area contributed by atoms with Crippen LogP contribution in [0, 0.1) is 13.8 Å². The predicted molar refractivity (Wildman–Crippen MR) is 212 cm³/mol. The van der Waals surface area contributed by atoms with E-state index < -0.39 is 5.97 Å². The van der Waals surface area contributed by atoms with E-state index in [2.05, 4.69) is 81.0 Å². The Hall–Kier alpha value is -5.02. The number of allylic oxidation sites excluding steroid dienone is 4. The van der Waals surface area contributed by atoms with Crippen LogP contribution in [0.4, 0.5) is 0 Å². The van der Waals surface area contributed by atoms with Crippen LogP contribution in [0.5, 0.6) is 0 Å². The molecular weight excluding hydrogens is 637 g/mol. The van der Waals surface area contributed by atoms with Gasteiger partial charge in [-0.1, -0.05) is 25.3 Å². The number of H-pyrrole nitrogens is 2. The number of hydrogen-bond donors (Lipinski definition) is 4. The molecule has 3 aromatic heterocycles. The lowest BCUT2D eigenvalue weighted by molar-refractivity contribution is -0.136. The number of nitrogens with one attached hydrogen (secondary N) is 3. The fraction of sp³-hybridized carbons (Fsp3) is 0.381. The molecule has 0 aromatic carbocycles. The van der Waals surface area contributed by atoms with Crippen molar-refractivity contribution in [3.8, 4) is 0 Å². The minimum atomic E-state index is -0.865. The largest absolute Gasteiger partial charge is 0.481 e. The van der Waals surface area contributed by atoms with E-state index in [0.29, 0.717) is 43.6 Å². The van der Waals surface area contributed by atoms with Gasteiger partial charge in [-0.05, 0) is 126 Å². The van der Waals surface area contributed by atoms with Gasteiger partial charge >= 0.3 is 5.97 Å². The first-order valence-corrected chi connectivity index (χ1v) is 17.9. The lowest BCUT2D eigenvalue weighted by Gasteiger charge is -2.30. The number of aliphatic carboxylic acids is 1. The van der Waals surface area contributed by atoms with Gasteiger partial charge in [0, 0.05) is 71.2 Å². The fourth-order valence-corrected chi connectivity index (χ4v) is 7.30. The van der Waals surface area contributed by atoms with E-state index in [-0.39, 0.29) is 12.3 Å². The molecule has 5 heterocycles. The molecule has 0 radical (unpaired) electrons. The average molecular weight is 689 g/mol. The monoisotopic (exact) mass is 688 g/mol. The Bertz CT molecular complexity index is 2120. The van der Waals surface area contributed by atoms with Crippen molar-refractivity contribution in [2.75, 3.05) is 13.1 Å². The van der Waals surface area contributed by atoms with E-state index in [1.165, 1.54) is 0 Å². The van der Waals surface area contributed by atoms with Crippen LogP contribution in [0.15, 0.2) is 37.4 Å². The number of rotatable bonds is 13. The van der Waals surface area contributed by atoms with Crippen molar-refractivity contribution >= 4 is 68.4 Å². The first kappa shape index (κ1) is 37.2. The number of fused-ring (bicyclic) bond motifs is 8. The number of aryl methyl sites for hydroxylation is 2. The summed E-state index contributed by atoms with van der Waals surface area (Å²) in [5.41, 5.74) is 14.5. The molecule has 268 valence electrons. The second kappa shape index (κ2) is 15.5. The van der Waals surface area contributed by atoms with Crippen molar-refractivity contribution in [2.45, 2.75) is 93.2 Å². The summed E-state index contributed by atoms with van der Waals surface area (Å²) in [4.78, 5) is 44.6. The summed E-state index contributed by atoms with van der Waals surface area (Å²) in [5.74, 6) is -0.872. The van der Waals surface area contributed by atoms with E-state index in [0.717, 1.165) is 90.2 Å². The third kappa shape index (κ3) is 7.84. The molecule has 0 aliphatic carbocycles. The number of carbonyl (C=O) groups excluding carboxylic acids is 1. The van der Waals surface area contributed by atoms with E-state index in [9.17, 15) is 14.7 Å². The molecule has 0 atom stereocenters. The summed E-state index contributed by atoms with van der Waals surface area (Å²) in [6, 6.07) is 8.92. The van der Waals surface area contributed by atoms with Crippen molar-refractivity contribution in [2.24, 2.45) is 0 Å². The SMILES string of the molecule is C=Cc1c(C)c2cc3[nH]c(cc4nc(cc5nc(cc1[nH]2)C(C)=C5CCC(=O)NCCN(C(C)C)C(C)C)C(CCC(=O)O)=C4C)c(C)c3C=C. The van der Waals surface area contributed by atoms with Gasteiger partial charge in [0.2, 0.25) is 5.91 Å². The van der Waals surface area contributed by atoms with Crippen LogP contribution in [-0.2, 0) is 9.59 Å². The van der Waals surface area contributed by atoms with Gasteiger partial charge < -0.3 is 20.4 Å². The molecule has 51 heavy (non-hydrogen) atoms. The summed E-state index contributed by atoms with van der Waals surface area (Å²) in [6.07, 6.45) is 4.85.